The lowest BCUT2D eigenvalue weighted by molar-refractivity contribution is 0.183. The molecule has 1 aromatic carbocycles. The van der Waals surface area contributed by atoms with Gasteiger partial charge in [0.2, 0.25) is 5.95 Å². The maximum Gasteiger partial charge on any atom is 0.225 e. The van der Waals surface area contributed by atoms with Crippen LogP contribution in [-0.4, -0.2) is 234 Å². The molecule has 0 radical (unpaired) electrons. The van der Waals surface area contributed by atoms with Gasteiger partial charge in [0.05, 0.1) is 0 Å². The minimum atomic E-state index is 0.816. The van der Waals surface area contributed by atoms with E-state index in [1.807, 2.05) is 37.8 Å². The summed E-state index contributed by atoms with van der Waals surface area (Å²) in [5.41, 5.74) is 5.07. The number of aromatic nitrogens is 4. The molecular weight excluding hydrogens is 921 g/mol. The Morgan fingerprint density at radius 1 is 0.459 bits per heavy atom. The van der Waals surface area contributed by atoms with Gasteiger partial charge in [-0.05, 0) is 80.0 Å². The van der Waals surface area contributed by atoms with E-state index < -0.39 is 0 Å². The van der Waals surface area contributed by atoms with Gasteiger partial charge in [0, 0.05) is 220 Å². The second kappa shape index (κ2) is 29.7. The molecule has 1 atom stereocenters. The Bertz CT molecular complexity index is 2020. The highest BCUT2D eigenvalue weighted by Crippen LogP contribution is 2.19. The maximum absolute atomic E-state index is 4.51. The number of anilines is 4. The zero-order valence-corrected chi connectivity index (χ0v) is 46.3. The summed E-state index contributed by atoms with van der Waals surface area (Å²) in [6, 6.07) is 19.4. The molecule has 4 aromatic rings. The summed E-state index contributed by atoms with van der Waals surface area (Å²) in [6.07, 6.45) is 8.91. The highest BCUT2D eigenvalue weighted by molar-refractivity contribution is 5.48. The molecule has 0 saturated carbocycles. The fourth-order valence-electron chi connectivity index (χ4n) is 10.6. The van der Waals surface area contributed by atoms with Gasteiger partial charge in [0.1, 0.15) is 11.6 Å². The SMILES string of the molecule is CCC(C)CN1CCN(c2ccccn2)CC1.Cc1ccc(N2CCN(CC3CNC3)CC2)nc1.Cc1ccc(N2CCN(CCN3CCNCC3)CC2)cc1.Cc1cnc(N2CCN(CC3CNC3)CC2)nc1. The molecule has 16 heteroatoms. The molecule has 7 fully saturated rings. The van der Waals surface area contributed by atoms with Crippen LogP contribution in [0.15, 0.2) is 79.4 Å². The number of rotatable bonds is 14. The molecule has 10 heterocycles. The van der Waals surface area contributed by atoms with Crippen molar-refractivity contribution in [2.75, 3.05) is 209 Å². The lowest BCUT2D eigenvalue weighted by atomic mass is 10.0. The Kier molecular flexibility index (Phi) is 22.4. The highest BCUT2D eigenvalue weighted by Gasteiger charge is 2.26. The number of aryl methyl sites for hydroxylation is 3. The molecule has 406 valence electrons. The summed E-state index contributed by atoms with van der Waals surface area (Å²) >= 11 is 0. The minimum absolute atomic E-state index is 0.816. The van der Waals surface area contributed by atoms with Gasteiger partial charge in [0.25, 0.3) is 0 Å². The van der Waals surface area contributed by atoms with E-state index in [9.17, 15) is 0 Å². The van der Waals surface area contributed by atoms with Gasteiger partial charge in [-0.3, -0.25) is 24.5 Å². The number of piperazine rings is 5. The van der Waals surface area contributed by atoms with E-state index in [0.29, 0.717) is 0 Å². The number of nitrogens with one attached hydrogen (secondary N) is 3. The van der Waals surface area contributed by atoms with Gasteiger partial charge in [0.15, 0.2) is 0 Å². The van der Waals surface area contributed by atoms with Crippen LogP contribution in [0.1, 0.15) is 37.0 Å². The minimum Gasteiger partial charge on any atom is -0.369 e. The normalized spacial score (nSPS) is 21.3. The molecule has 16 nitrogen and oxygen atoms in total. The first-order chi connectivity index (χ1) is 36.2. The first-order valence-corrected chi connectivity index (χ1v) is 28.7. The molecule has 3 aromatic heterocycles. The largest absolute Gasteiger partial charge is 0.369 e. The molecule has 1 unspecified atom stereocenters. The van der Waals surface area contributed by atoms with Crippen molar-refractivity contribution in [1.82, 2.24) is 60.4 Å². The standard InChI is InChI=1S/C17H28N4.C14H22N4.C14H23N3.C13H21N5/c1-16-2-4-17(5-3-16)21-14-12-20(13-15-21)11-10-19-8-6-18-7-9-19;1-12-2-3-14(16-8-12)18-6-4-17(5-7-18)11-13-9-15-10-13;1-3-13(2)12-16-8-10-17(11-9-16)14-6-4-5-7-15-14;1-11-6-15-13(16-7-11)18-4-2-17(3-5-18)10-12-8-14-9-12/h2-5,18H,6-15H2,1H3;2-3,8,13,15H,4-7,9-11H2,1H3;4-7,13H,3,8-12H2,1-2H3;6-7,12,14H,2-5,8-10H2,1H3. The molecule has 7 saturated heterocycles. The number of hydrogen-bond donors (Lipinski definition) is 3. The Labute approximate surface area is 446 Å². The predicted octanol–water partition coefficient (Wildman–Crippen LogP) is 4.13. The van der Waals surface area contributed by atoms with Crippen molar-refractivity contribution in [3.05, 3.63) is 96.1 Å². The summed E-state index contributed by atoms with van der Waals surface area (Å²) in [7, 11) is 0. The Morgan fingerprint density at radius 2 is 0.946 bits per heavy atom. The lowest BCUT2D eigenvalue weighted by Gasteiger charge is -2.39. The second-order valence-electron chi connectivity index (χ2n) is 22.1. The molecule has 0 bridgehead atoms. The van der Waals surface area contributed by atoms with E-state index in [4.69, 9.17) is 0 Å². The fraction of sp³-hybridized carbons (Fsp3) is 0.655. The first kappa shape index (κ1) is 55.7. The lowest BCUT2D eigenvalue weighted by Crippen LogP contribution is -2.53. The smallest absolute Gasteiger partial charge is 0.225 e. The monoisotopic (exact) mass is 1010 g/mol. The quantitative estimate of drug-likeness (QED) is 0.168. The number of pyridine rings is 2. The molecule has 7 aliphatic rings. The third kappa shape index (κ3) is 18.1. The van der Waals surface area contributed by atoms with Crippen molar-refractivity contribution in [2.24, 2.45) is 17.8 Å². The number of hydrogen-bond acceptors (Lipinski definition) is 16. The predicted molar refractivity (Wildman–Crippen MR) is 307 cm³/mol. The summed E-state index contributed by atoms with van der Waals surface area (Å²) in [6.45, 7) is 44.8. The molecular formula is C58H94N16. The highest BCUT2D eigenvalue weighted by atomic mass is 15.3. The fourth-order valence-corrected chi connectivity index (χ4v) is 10.6. The first-order valence-electron chi connectivity index (χ1n) is 28.7. The van der Waals surface area contributed by atoms with Crippen molar-refractivity contribution in [1.29, 1.82) is 0 Å². The van der Waals surface area contributed by atoms with Gasteiger partial charge in [-0.25, -0.2) is 19.9 Å². The van der Waals surface area contributed by atoms with Gasteiger partial charge >= 0.3 is 0 Å². The molecule has 0 aliphatic carbocycles. The molecule has 0 amide bonds. The summed E-state index contributed by atoms with van der Waals surface area (Å²) in [4.78, 5) is 40.2. The summed E-state index contributed by atoms with van der Waals surface area (Å²) in [5, 5.41) is 10.1. The topological polar surface area (TPSA) is 117 Å². The van der Waals surface area contributed by atoms with Crippen LogP contribution in [0.5, 0.6) is 0 Å². The molecule has 74 heavy (non-hydrogen) atoms. The average molecular weight is 1020 g/mol. The van der Waals surface area contributed by atoms with E-state index in [1.54, 1.807) is 0 Å². The van der Waals surface area contributed by atoms with Crippen LogP contribution in [0.4, 0.5) is 23.3 Å². The van der Waals surface area contributed by atoms with Crippen molar-refractivity contribution < 1.29 is 0 Å². The average Bonchev–Trinajstić information content (AvgIpc) is 3.43. The van der Waals surface area contributed by atoms with E-state index in [1.165, 1.54) is 134 Å². The van der Waals surface area contributed by atoms with Crippen LogP contribution in [0.3, 0.4) is 0 Å². The third-order valence-corrected chi connectivity index (χ3v) is 16.1. The van der Waals surface area contributed by atoms with Crippen molar-refractivity contribution in [3.63, 3.8) is 0 Å². The van der Waals surface area contributed by atoms with Gasteiger partial charge in [-0.1, -0.05) is 50.1 Å². The van der Waals surface area contributed by atoms with Crippen LogP contribution >= 0.6 is 0 Å². The van der Waals surface area contributed by atoms with Crippen molar-refractivity contribution >= 4 is 23.3 Å². The van der Waals surface area contributed by atoms with Gasteiger partial charge in [-0.15, -0.1) is 0 Å². The molecule has 3 N–H and O–H groups in total. The van der Waals surface area contributed by atoms with Crippen molar-refractivity contribution in [2.45, 2.75) is 41.0 Å². The van der Waals surface area contributed by atoms with E-state index in [0.717, 1.165) is 119 Å². The Morgan fingerprint density at radius 3 is 1.45 bits per heavy atom. The number of benzene rings is 1. The zero-order valence-electron chi connectivity index (χ0n) is 46.3. The van der Waals surface area contributed by atoms with Crippen LogP contribution in [-0.2, 0) is 0 Å². The third-order valence-electron chi connectivity index (χ3n) is 16.1. The van der Waals surface area contributed by atoms with Crippen LogP contribution < -0.4 is 35.6 Å². The van der Waals surface area contributed by atoms with Crippen LogP contribution in [0.25, 0.3) is 0 Å². The summed E-state index contributed by atoms with van der Waals surface area (Å²) in [5.74, 6) is 5.70. The van der Waals surface area contributed by atoms with E-state index >= 15 is 0 Å². The Hall–Kier alpha value is -4.52. The zero-order chi connectivity index (χ0) is 51.3. The maximum atomic E-state index is 4.51. The van der Waals surface area contributed by atoms with Crippen LogP contribution in [0, 0.1) is 38.5 Å². The number of nitrogens with zero attached hydrogens (tertiary/aromatic N) is 13. The summed E-state index contributed by atoms with van der Waals surface area (Å²) < 4.78 is 0. The molecule has 0 spiro atoms. The van der Waals surface area contributed by atoms with Gasteiger partial charge < -0.3 is 35.6 Å². The van der Waals surface area contributed by atoms with Gasteiger partial charge in [-0.2, -0.15) is 0 Å². The van der Waals surface area contributed by atoms with Crippen LogP contribution in [0.2, 0.25) is 0 Å². The molecule has 11 rings (SSSR count). The molecule has 7 aliphatic heterocycles. The van der Waals surface area contributed by atoms with E-state index in [-0.39, 0.29) is 0 Å². The Balaban J connectivity index is 0.000000132. The second-order valence-corrected chi connectivity index (χ2v) is 22.1. The van der Waals surface area contributed by atoms with Crippen molar-refractivity contribution in [3.8, 4) is 0 Å². The van der Waals surface area contributed by atoms with E-state index in [2.05, 4.69) is 156 Å².